The summed E-state index contributed by atoms with van der Waals surface area (Å²) in [5, 5.41) is 4.47. The Bertz CT molecular complexity index is 266. The zero-order valence-corrected chi connectivity index (χ0v) is 8.68. The first kappa shape index (κ1) is 9.30. The van der Waals surface area contributed by atoms with Gasteiger partial charge in [-0.05, 0) is 39.7 Å². The number of hydrogen-bond acceptors (Lipinski definition) is 1. The summed E-state index contributed by atoms with van der Waals surface area (Å²) in [6.07, 6.45) is 3.22. The molecule has 0 bridgehead atoms. The molecule has 0 aliphatic carbocycles. The van der Waals surface area contributed by atoms with Crippen LogP contribution in [0.1, 0.15) is 39.0 Å². The van der Waals surface area contributed by atoms with E-state index in [4.69, 9.17) is 0 Å². The van der Waals surface area contributed by atoms with E-state index in [-0.39, 0.29) is 5.54 Å². The second-order valence-corrected chi connectivity index (χ2v) is 4.21. The molecule has 0 fully saturated rings. The van der Waals surface area contributed by atoms with E-state index < -0.39 is 0 Å². The van der Waals surface area contributed by atoms with Gasteiger partial charge >= 0.3 is 0 Å². The van der Waals surface area contributed by atoms with Gasteiger partial charge in [0.05, 0.1) is 11.2 Å². The van der Waals surface area contributed by atoms with Crippen LogP contribution in [0.3, 0.4) is 0 Å². The molecule has 1 rings (SSSR count). The molecule has 12 heavy (non-hydrogen) atoms. The third kappa shape index (κ3) is 1.68. The minimum Gasteiger partial charge on any atom is -0.267 e. The quantitative estimate of drug-likeness (QED) is 0.626. The van der Waals surface area contributed by atoms with Gasteiger partial charge in [0.15, 0.2) is 0 Å². The standard InChI is InChI=1S/C10H18N2/c1-6-9-7-12(10(3,4)5)11-8(9)2/h7H,6H2,1-5H3. The molecule has 0 unspecified atom stereocenters. The molecule has 0 saturated heterocycles. The van der Waals surface area contributed by atoms with Crippen molar-refractivity contribution in [2.24, 2.45) is 0 Å². The van der Waals surface area contributed by atoms with Gasteiger partial charge in [0.25, 0.3) is 0 Å². The molecule has 68 valence electrons. The summed E-state index contributed by atoms with van der Waals surface area (Å²) < 4.78 is 2.04. The SMILES string of the molecule is CCc1cn(C(C)(C)C)nc1C. The van der Waals surface area contributed by atoms with E-state index in [1.165, 1.54) is 5.56 Å². The molecule has 0 saturated carbocycles. The van der Waals surface area contributed by atoms with E-state index >= 15 is 0 Å². The molecule has 1 aromatic heterocycles. The minimum atomic E-state index is 0.109. The molecule has 0 N–H and O–H groups in total. The number of aryl methyl sites for hydroxylation is 2. The van der Waals surface area contributed by atoms with Crippen molar-refractivity contribution in [2.45, 2.75) is 46.6 Å². The molecule has 1 heterocycles. The minimum absolute atomic E-state index is 0.109. The summed E-state index contributed by atoms with van der Waals surface area (Å²) in [4.78, 5) is 0. The van der Waals surface area contributed by atoms with Crippen LogP contribution in [0.25, 0.3) is 0 Å². The first-order valence-corrected chi connectivity index (χ1v) is 4.50. The Hall–Kier alpha value is -0.790. The summed E-state index contributed by atoms with van der Waals surface area (Å²) in [5.74, 6) is 0. The lowest BCUT2D eigenvalue weighted by Gasteiger charge is -2.18. The lowest BCUT2D eigenvalue weighted by molar-refractivity contribution is 0.354. The molecule has 0 radical (unpaired) electrons. The van der Waals surface area contributed by atoms with Crippen molar-refractivity contribution in [1.82, 2.24) is 9.78 Å². The largest absolute Gasteiger partial charge is 0.267 e. The Labute approximate surface area is 74.6 Å². The van der Waals surface area contributed by atoms with Gasteiger partial charge in [-0.15, -0.1) is 0 Å². The van der Waals surface area contributed by atoms with Crippen LogP contribution in [0.4, 0.5) is 0 Å². The van der Waals surface area contributed by atoms with Crippen molar-refractivity contribution >= 4 is 0 Å². The summed E-state index contributed by atoms with van der Waals surface area (Å²) in [6, 6.07) is 0. The van der Waals surface area contributed by atoms with E-state index in [0.29, 0.717) is 0 Å². The fourth-order valence-electron chi connectivity index (χ4n) is 1.19. The van der Waals surface area contributed by atoms with Gasteiger partial charge in [-0.25, -0.2) is 0 Å². The highest BCUT2D eigenvalue weighted by atomic mass is 15.3. The second-order valence-electron chi connectivity index (χ2n) is 4.21. The second kappa shape index (κ2) is 2.92. The lowest BCUT2D eigenvalue weighted by atomic mass is 10.1. The van der Waals surface area contributed by atoms with Crippen molar-refractivity contribution in [3.63, 3.8) is 0 Å². The number of hydrogen-bond donors (Lipinski definition) is 0. The van der Waals surface area contributed by atoms with Crippen LogP contribution in [0, 0.1) is 6.92 Å². The predicted molar refractivity (Wildman–Crippen MR) is 51.3 cm³/mol. The Morgan fingerprint density at radius 3 is 2.25 bits per heavy atom. The normalized spacial score (nSPS) is 12.1. The predicted octanol–water partition coefficient (Wildman–Crippen LogP) is 2.51. The van der Waals surface area contributed by atoms with Crippen LogP contribution in [0.5, 0.6) is 0 Å². The highest BCUT2D eigenvalue weighted by Crippen LogP contribution is 2.15. The highest BCUT2D eigenvalue weighted by molar-refractivity contribution is 5.15. The molecule has 0 aliphatic heterocycles. The topological polar surface area (TPSA) is 17.8 Å². The van der Waals surface area contributed by atoms with E-state index in [1.54, 1.807) is 0 Å². The molecule has 0 amide bonds. The van der Waals surface area contributed by atoms with Gasteiger partial charge in [-0.2, -0.15) is 5.10 Å². The molecule has 2 heteroatoms. The third-order valence-electron chi connectivity index (χ3n) is 2.07. The Balaban J connectivity index is 3.05. The van der Waals surface area contributed by atoms with E-state index in [0.717, 1.165) is 12.1 Å². The third-order valence-corrected chi connectivity index (χ3v) is 2.07. The Morgan fingerprint density at radius 1 is 1.42 bits per heavy atom. The van der Waals surface area contributed by atoms with Crippen LogP contribution in [-0.2, 0) is 12.0 Å². The number of rotatable bonds is 1. The molecule has 0 atom stereocenters. The zero-order valence-electron chi connectivity index (χ0n) is 8.68. The monoisotopic (exact) mass is 166 g/mol. The highest BCUT2D eigenvalue weighted by Gasteiger charge is 2.15. The van der Waals surface area contributed by atoms with Gasteiger partial charge < -0.3 is 0 Å². The van der Waals surface area contributed by atoms with Gasteiger partial charge in [0.2, 0.25) is 0 Å². The van der Waals surface area contributed by atoms with Crippen LogP contribution in [0.2, 0.25) is 0 Å². The first-order valence-electron chi connectivity index (χ1n) is 4.50. The van der Waals surface area contributed by atoms with Crippen LogP contribution >= 0.6 is 0 Å². The van der Waals surface area contributed by atoms with Crippen molar-refractivity contribution in [1.29, 1.82) is 0 Å². The lowest BCUT2D eigenvalue weighted by Crippen LogP contribution is -2.22. The summed E-state index contributed by atoms with van der Waals surface area (Å²) in [7, 11) is 0. The molecular weight excluding hydrogens is 148 g/mol. The molecule has 1 aromatic rings. The van der Waals surface area contributed by atoms with E-state index in [2.05, 4.69) is 45.9 Å². The fourth-order valence-corrected chi connectivity index (χ4v) is 1.19. The van der Waals surface area contributed by atoms with Crippen LogP contribution in [0.15, 0.2) is 6.20 Å². The summed E-state index contributed by atoms with van der Waals surface area (Å²) in [6.45, 7) is 10.7. The van der Waals surface area contributed by atoms with Crippen molar-refractivity contribution < 1.29 is 0 Å². The molecule has 0 aromatic carbocycles. The van der Waals surface area contributed by atoms with Crippen molar-refractivity contribution in [2.75, 3.05) is 0 Å². The van der Waals surface area contributed by atoms with Gasteiger partial charge in [-0.1, -0.05) is 6.92 Å². The molecule has 2 nitrogen and oxygen atoms in total. The van der Waals surface area contributed by atoms with Gasteiger partial charge in [-0.3, -0.25) is 4.68 Å². The zero-order chi connectivity index (χ0) is 9.35. The van der Waals surface area contributed by atoms with Crippen molar-refractivity contribution in [3.8, 4) is 0 Å². The van der Waals surface area contributed by atoms with Crippen molar-refractivity contribution in [3.05, 3.63) is 17.5 Å². The molecular formula is C10H18N2. The average molecular weight is 166 g/mol. The van der Waals surface area contributed by atoms with E-state index in [9.17, 15) is 0 Å². The van der Waals surface area contributed by atoms with Crippen LogP contribution in [-0.4, -0.2) is 9.78 Å². The van der Waals surface area contributed by atoms with Gasteiger partial charge in [0.1, 0.15) is 0 Å². The average Bonchev–Trinajstić information content (AvgIpc) is 2.29. The number of nitrogens with zero attached hydrogens (tertiary/aromatic N) is 2. The Morgan fingerprint density at radius 2 is 2.00 bits per heavy atom. The molecule has 0 aliphatic rings. The van der Waals surface area contributed by atoms with E-state index in [1.807, 2.05) is 4.68 Å². The Kier molecular flexibility index (Phi) is 2.27. The maximum Gasteiger partial charge on any atom is 0.0625 e. The summed E-state index contributed by atoms with van der Waals surface area (Å²) in [5.41, 5.74) is 2.62. The smallest absolute Gasteiger partial charge is 0.0625 e. The van der Waals surface area contributed by atoms with Gasteiger partial charge in [0, 0.05) is 6.20 Å². The first-order chi connectivity index (χ1) is 5.45. The molecule has 0 spiro atoms. The maximum atomic E-state index is 4.47. The van der Waals surface area contributed by atoms with Crippen LogP contribution < -0.4 is 0 Å². The maximum absolute atomic E-state index is 4.47. The summed E-state index contributed by atoms with van der Waals surface area (Å²) >= 11 is 0. The number of aromatic nitrogens is 2. The fraction of sp³-hybridized carbons (Fsp3) is 0.700.